The Bertz CT molecular complexity index is 1130. The van der Waals surface area contributed by atoms with Gasteiger partial charge in [-0.1, -0.05) is 6.92 Å². The Morgan fingerprint density at radius 2 is 1.93 bits per heavy atom. The number of rotatable bonds is 4. The first-order valence-corrected chi connectivity index (χ1v) is 9.54. The van der Waals surface area contributed by atoms with Crippen molar-refractivity contribution in [1.82, 2.24) is 19.5 Å². The molecule has 0 fully saturated rings. The highest BCUT2D eigenvalue weighted by atomic mass is 32.2. The van der Waals surface area contributed by atoms with Crippen LogP contribution in [0.2, 0.25) is 0 Å². The number of pyridine rings is 2. The highest BCUT2D eigenvalue weighted by Gasteiger charge is 2.33. The molecule has 7 nitrogen and oxygen atoms in total. The third kappa shape index (κ3) is 3.34. The highest BCUT2D eigenvalue weighted by Crippen LogP contribution is 2.32. The van der Waals surface area contributed by atoms with Crippen LogP contribution in [0.1, 0.15) is 14.0 Å². The number of halogens is 3. The van der Waals surface area contributed by atoms with Crippen molar-refractivity contribution in [3.8, 4) is 11.5 Å². The normalized spacial score (nSPS) is 12.5. The lowest BCUT2D eigenvalue weighted by Gasteiger charge is -2.10. The third-order valence-electron chi connectivity index (χ3n) is 4.13. The number of alkyl halides is 3. The maximum atomic E-state index is 12.9. The van der Waals surface area contributed by atoms with E-state index in [1.54, 1.807) is 14.1 Å². The van der Waals surface area contributed by atoms with Crippen molar-refractivity contribution in [3.05, 3.63) is 30.2 Å². The van der Waals surface area contributed by atoms with Crippen molar-refractivity contribution in [2.75, 3.05) is 18.1 Å². The predicted octanol–water partition coefficient (Wildman–Crippen LogP) is 3.13. The molecule has 0 spiro atoms. The van der Waals surface area contributed by atoms with Gasteiger partial charge < -0.3 is 9.88 Å². The summed E-state index contributed by atoms with van der Waals surface area (Å²) in [5.74, 6) is -0.0146. The lowest BCUT2D eigenvalue weighted by atomic mass is 10.3. The van der Waals surface area contributed by atoms with Gasteiger partial charge in [-0.05, 0) is 12.1 Å². The molecule has 1 N–H and O–H groups in total. The highest BCUT2D eigenvalue weighted by molar-refractivity contribution is 7.91. The molecule has 0 aliphatic carbocycles. The molecule has 27 heavy (non-hydrogen) atoms. The summed E-state index contributed by atoms with van der Waals surface area (Å²) < 4.78 is 65.2. The molecule has 0 aliphatic heterocycles. The predicted molar refractivity (Wildman–Crippen MR) is 96.1 cm³/mol. The molecular formula is C16H18F3N5O2S. The number of anilines is 1. The molecule has 0 bridgehead atoms. The van der Waals surface area contributed by atoms with Gasteiger partial charge in [0, 0.05) is 15.5 Å². The van der Waals surface area contributed by atoms with Crippen LogP contribution < -0.4 is 5.32 Å². The summed E-state index contributed by atoms with van der Waals surface area (Å²) in [7, 11) is -0.458. The van der Waals surface area contributed by atoms with Gasteiger partial charge in [0.2, 0.25) is 0 Å². The molecule has 0 amide bonds. The summed E-state index contributed by atoms with van der Waals surface area (Å²) in [6.07, 6.45) is -2.11. The Balaban J connectivity index is 0.00000280. The Kier molecular flexibility index (Phi) is 4.58. The van der Waals surface area contributed by atoms with Crippen LogP contribution in [-0.4, -0.2) is 40.7 Å². The van der Waals surface area contributed by atoms with Crippen LogP contribution in [0.15, 0.2) is 29.4 Å². The van der Waals surface area contributed by atoms with E-state index in [1.807, 2.05) is 0 Å². The molecule has 0 aliphatic rings. The second-order valence-corrected chi connectivity index (χ2v) is 8.02. The van der Waals surface area contributed by atoms with Gasteiger partial charge in [-0.3, -0.25) is 0 Å². The minimum Gasteiger partial charge on any atom is -0.387 e. The minimum absolute atomic E-state index is 0. The van der Waals surface area contributed by atoms with E-state index in [-0.39, 0.29) is 29.1 Å². The summed E-state index contributed by atoms with van der Waals surface area (Å²) in [4.78, 5) is 11.8. The molecule has 3 rings (SSSR count). The number of nitrogens with zero attached hydrogens (tertiary/aromatic N) is 4. The number of hydrogen-bond acceptors (Lipinski definition) is 6. The molecule has 11 heteroatoms. The maximum absolute atomic E-state index is 12.9. The minimum atomic E-state index is -4.60. The van der Waals surface area contributed by atoms with Crippen LogP contribution in [0, 0.1) is 0 Å². The van der Waals surface area contributed by atoms with Gasteiger partial charge in [0.15, 0.2) is 15.7 Å². The third-order valence-corrected chi connectivity index (χ3v) is 5.87. The van der Waals surface area contributed by atoms with Crippen LogP contribution >= 0.6 is 0 Å². The zero-order valence-electron chi connectivity index (χ0n) is 14.7. The average molecular weight is 401 g/mol. The average Bonchev–Trinajstić information content (AvgIpc) is 2.96. The van der Waals surface area contributed by atoms with Crippen LogP contribution in [0.4, 0.5) is 18.9 Å². The van der Waals surface area contributed by atoms with Gasteiger partial charge in [-0.25, -0.2) is 23.4 Å². The van der Waals surface area contributed by atoms with E-state index in [0.29, 0.717) is 11.2 Å². The zero-order chi connectivity index (χ0) is 20.0. The molecule has 0 radical (unpaired) electrons. The van der Waals surface area contributed by atoms with E-state index < -0.39 is 21.7 Å². The van der Waals surface area contributed by atoms with E-state index in [0.717, 1.165) is 12.3 Å². The molecule has 146 valence electrons. The molecule has 0 atom stereocenters. The number of nitrogens with one attached hydrogen (secondary N) is 1. The number of aromatic nitrogens is 4. The van der Waals surface area contributed by atoms with Gasteiger partial charge in [-0.15, -0.1) is 0 Å². The summed E-state index contributed by atoms with van der Waals surface area (Å²) in [6, 6.07) is 2.26. The fourth-order valence-corrected chi connectivity index (χ4v) is 3.65. The molecule has 3 aromatic rings. The Labute approximate surface area is 154 Å². The number of aryl methyl sites for hydroxylation is 1. The van der Waals surface area contributed by atoms with Gasteiger partial charge in [0.1, 0.15) is 11.4 Å². The van der Waals surface area contributed by atoms with E-state index >= 15 is 0 Å². The molecule has 0 unspecified atom stereocenters. The topological polar surface area (TPSA) is 89.8 Å². The largest absolute Gasteiger partial charge is 0.433 e. The SMILES string of the molecule is CCS(=O)(=O)c1cc(NC)cnc1-c1nc2cc(C(F)(F)F)ncc2n1C.[HH]. The van der Waals surface area contributed by atoms with E-state index in [9.17, 15) is 21.6 Å². The maximum Gasteiger partial charge on any atom is 0.433 e. The first kappa shape index (κ1) is 19.1. The van der Waals surface area contributed by atoms with Crippen molar-refractivity contribution >= 4 is 26.6 Å². The smallest absolute Gasteiger partial charge is 0.387 e. The summed E-state index contributed by atoms with van der Waals surface area (Å²) >= 11 is 0. The quantitative estimate of drug-likeness (QED) is 0.722. The number of hydrogen-bond donors (Lipinski definition) is 1. The fourth-order valence-electron chi connectivity index (χ4n) is 2.60. The van der Waals surface area contributed by atoms with Crippen molar-refractivity contribution in [3.63, 3.8) is 0 Å². The molecule has 0 saturated carbocycles. The first-order valence-electron chi connectivity index (χ1n) is 7.89. The number of sulfone groups is 1. The number of fused-ring (bicyclic) bond motifs is 1. The second kappa shape index (κ2) is 6.48. The molecule has 3 heterocycles. The summed E-state index contributed by atoms with van der Waals surface area (Å²) in [6.45, 7) is 1.50. The Morgan fingerprint density at radius 1 is 1.22 bits per heavy atom. The standard InChI is InChI=1S/C16H16F3N5O2S.H2/c1-4-27(25,26)12-5-9(20-2)7-22-14(12)15-23-10-6-13(16(17,18)19)21-8-11(10)24(15)3;/h5-8,20H,4H2,1-3H3;1H. The van der Waals surface area contributed by atoms with Crippen molar-refractivity contribution in [2.24, 2.45) is 7.05 Å². The number of imidazole rings is 1. The van der Waals surface area contributed by atoms with Crippen molar-refractivity contribution in [1.29, 1.82) is 0 Å². The lowest BCUT2D eigenvalue weighted by Crippen LogP contribution is -2.09. The van der Waals surface area contributed by atoms with Crippen molar-refractivity contribution < 1.29 is 23.0 Å². The van der Waals surface area contributed by atoms with Gasteiger partial charge >= 0.3 is 6.18 Å². The van der Waals surface area contributed by atoms with E-state index in [4.69, 9.17) is 0 Å². The first-order chi connectivity index (χ1) is 12.6. The summed E-state index contributed by atoms with van der Waals surface area (Å²) in [5, 5.41) is 2.82. The zero-order valence-corrected chi connectivity index (χ0v) is 15.5. The van der Waals surface area contributed by atoms with E-state index in [1.165, 1.54) is 23.8 Å². The fraction of sp³-hybridized carbons (Fsp3) is 0.312. The van der Waals surface area contributed by atoms with Crippen LogP contribution in [-0.2, 0) is 23.1 Å². The van der Waals surface area contributed by atoms with Gasteiger partial charge in [-0.2, -0.15) is 13.2 Å². The molecule has 0 aromatic carbocycles. The van der Waals surface area contributed by atoms with Gasteiger partial charge in [0.25, 0.3) is 0 Å². The van der Waals surface area contributed by atoms with Crippen LogP contribution in [0.5, 0.6) is 0 Å². The van der Waals surface area contributed by atoms with Crippen molar-refractivity contribution in [2.45, 2.75) is 18.0 Å². The monoisotopic (exact) mass is 401 g/mol. The van der Waals surface area contributed by atoms with Gasteiger partial charge in [0.05, 0.1) is 39.8 Å². The van der Waals surface area contributed by atoms with Crippen LogP contribution in [0.3, 0.4) is 0 Å². The second-order valence-electron chi connectivity index (χ2n) is 5.77. The molecule has 3 aromatic heterocycles. The molecular weight excluding hydrogens is 383 g/mol. The lowest BCUT2D eigenvalue weighted by molar-refractivity contribution is -0.141. The van der Waals surface area contributed by atoms with Crippen LogP contribution in [0.25, 0.3) is 22.6 Å². The summed E-state index contributed by atoms with van der Waals surface area (Å²) in [5.41, 5.74) is -0.125. The Morgan fingerprint density at radius 3 is 2.52 bits per heavy atom. The Hall–Kier alpha value is -2.69. The molecule has 0 saturated heterocycles. The van der Waals surface area contributed by atoms with E-state index in [2.05, 4.69) is 20.3 Å².